The molecule has 2 atom stereocenters. The number of hydrogen-bond donors (Lipinski definition) is 1. The molecule has 2 heterocycles. The van der Waals surface area contributed by atoms with Crippen LogP contribution in [0.2, 0.25) is 0 Å². The summed E-state index contributed by atoms with van der Waals surface area (Å²) >= 11 is 0. The Labute approximate surface area is 151 Å². The molecule has 0 bridgehead atoms. The van der Waals surface area contributed by atoms with Gasteiger partial charge in [0.15, 0.2) is 6.10 Å². The van der Waals surface area contributed by atoms with E-state index in [-0.39, 0.29) is 24.5 Å². The maximum Gasteiger partial charge on any atom is 0.254 e. The van der Waals surface area contributed by atoms with Gasteiger partial charge >= 0.3 is 0 Å². The molecule has 1 aliphatic heterocycles. The average molecular weight is 354 g/mol. The minimum absolute atomic E-state index is 0.0785. The lowest BCUT2D eigenvalue weighted by Crippen LogP contribution is -2.53. The summed E-state index contributed by atoms with van der Waals surface area (Å²) in [5.41, 5.74) is 1.86. The number of nitrogens with zero attached hydrogens (tertiary/aromatic N) is 3. The predicted octanol–water partition coefficient (Wildman–Crippen LogP) is 1.17. The van der Waals surface area contributed by atoms with Crippen LogP contribution in [0.3, 0.4) is 0 Å². The van der Waals surface area contributed by atoms with E-state index >= 15 is 0 Å². The van der Waals surface area contributed by atoms with Crippen molar-refractivity contribution in [1.29, 1.82) is 0 Å². The van der Waals surface area contributed by atoms with Crippen LogP contribution in [0.25, 0.3) is 0 Å². The molecule has 1 saturated heterocycles. The number of aryl methyl sites for hydroxylation is 1. The molecule has 1 saturated carbocycles. The van der Waals surface area contributed by atoms with E-state index < -0.39 is 12.1 Å². The number of rotatable bonds is 5. The average Bonchev–Trinajstić information content (AvgIpc) is 3.41. The van der Waals surface area contributed by atoms with Crippen molar-refractivity contribution in [2.75, 3.05) is 6.61 Å². The van der Waals surface area contributed by atoms with Crippen molar-refractivity contribution in [3.63, 3.8) is 0 Å². The summed E-state index contributed by atoms with van der Waals surface area (Å²) in [6, 6.07) is 9.27. The van der Waals surface area contributed by atoms with Crippen LogP contribution in [0.1, 0.15) is 30.0 Å². The van der Waals surface area contributed by atoms with Crippen LogP contribution in [-0.4, -0.2) is 45.2 Å². The monoisotopic (exact) mass is 354 g/mol. The van der Waals surface area contributed by atoms with Gasteiger partial charge < -0.3 is 15.0 Å². The highest BCUT2D eigenvalue weighted by Gasteiger charge is 2.42. The lowest BCUT2D eigenvalue weighted by molar-refractivity contribution is -0.156. The van der Waals surface area contributed by atoms with Gasteiger partial charge in [-0.1, -0.05) is 30.3 Å². The van der Waals surface area contributed by atoms with Gasteiger partial charge in [0.05, 0.1) is 12.2 Å². The first kappa shape index (κ1) is 16.8. The summed E-state index contributed by atoms with van der Waals surface area (Å²) in [5.74, 6) is -0.279. The van der Waals surface area contributed by atoms with Crippen LogP contribution in [0.5, 0.6) is 0 Å². The van der Waals surface area contributed by atoms with Crippen molar-refractivity contribution < 1.29 is 14.3 Å². The molecule has 26 heavy (non-hydrogen) atoms. The van der Waals surface area contributed by atoms with Crippen LogP contribution in [0, 0.1) is 0 Å². The fraction of sp³-hybridized carbons (Fsp3) is 0.421. The highest BCUT2D eigenvalue weighted by Crippen LogP contribution is 2.32. The van der Waals surface area contributed by atoms with E-state index in [4.69, 9.17) is 4.74 Å². The summed E-state index contributed by atoms with van der Waals surface area (Å²) < 4.78 is 7.43. The third kappa shape index (κ3) is 3.48. The van der Waals surface area contributed by atoms with Crippen molar-refractivity contribution in [3.05, 3.63) is 53.9 Å². The summed E-state index contributed by atoms with van der Waals surface area (Å²) in [6.45, 7) is 0.414. The van der Waals surface area contributed by atoms with Crippen LogP contribution in [-0.2, 0) is 27.9 Å². The molecule has 1 aliphatic carbocycles. The number of ether oxygens (including phenoxy) is 1. The summed E-state index contributed by atoms with van der Waals surface area (Å²) in [6.07, 6.45) is 4.98. The second kappa shape index (κ2) is 6.92. The molecule has 2 fully saturated rings. The highest BCUT2D eigenvalue weighted by atomic mass is 16.5. The number of benzene rings is 1. The Morgan fingerprint density at radius 3 is 2.77 bits per heavy atom. The Balaban J connectivity index is 1.57. The Morgan fingerprint density at radius 2 is 2.12 bits per heavy atom. The first-order valence-corrected chi connectivity index (χ1v) is 8.86. The summed E-state index contributed by atoms with van der Waals surface area (Å²) in [4.78, 5) is 27.0. The van der Waals surface area contributed by atoms with Gasteiger partial charge in [-0.2, -0.15) is 5.10 Å². The van der Waals surface area contributed by atoms with Crippen molar-refractivity contribution in [2.45, 2.75) is 37.6 Å². The largest absolute Gasteiger partial charge is 0.356 e. The molecule has 1 aromatic carbocycles. The smallest absolute Gasteiger partial charge is 0.254 e. The quantitative estimate of drug-likeness (QED) is 0.874. The van der Waals surface area contributed by atoms with Gasteiger partial charge in [-0.3, -0.25) is 14.3 Å². The van der Waals surface area contributed by atoms with Gasteiger partial charge in [-0.25, -0.2) is 0 Å². The Bertz CT molecular complexity index is 800. The fourth-order valence-electron chi connectivity index (χ4n) is 3.37. The van der Waals surface area contributed by atoms with Gasteiger partial charge in [0.1, 0.15) is 6.61 Å². The molecule has 0 radical (unpaired) electrons. The molecule has 7 heteroatoms. The number of aromatic nitrogens is 2. The van der Waals surface area contributed by atoms with E-state index in [9.17, 15) is 9.59 Å². The Morgan fingerprint density at radius 1 is 1.35 bits per heavy atom. The number of hydrogen-bond acceptors (Lipinski definition) is 4. The number of carbonyl (C=O) groups excluding carboxylic acids is 2. The molecule has 1 aromatic heterocycles. The minimum atomic E-state index is -0.715. The van der Waals surface area contributed by atoms with Crippen molar-refractivity contribution in [1.82, 2.24) is 20.0 Å². The fourth-order valence-corrected chi connectivity index (χ4v) is 3.37. The normalized spacial score (nSPS) is 22.7. The van der Waals surface area contributed by atoms with E-state index in [2.05, 4.69) is 10.4 Å². The number of nitrogens with one attached hydrogen (secondary N) is 1. The van der Waals surface area contributed by atoms with Crippen molar-refractivity contribution in [3.8, 4) is 0 Å². The molecule has 2 amide bonds. The number of carbonyl (C=O) groups is 2. The lowest BCUT2D eigenvalue weighted by atomic mass is 9.98. The minimum Gasteiger partial charge on any atom is -0.356 e. The topological polar surface area (TPSA) is 76.5 Å². The molecule has 136 valence electrons. The maximum absolute atomic E-state index is 13.3. The molecule has 0 unspecified atom stereocenters. The number of amides is 2. The molecule has 4 rings (SSSR count). The third-order valence-corrected chi connectivity index (χ3v) is 4.80. The van der Waals surface area contributed by atoms with Crippen LogP contribution in [0.15, 0.2) is 42.7 Å². The summed E-state index contributed by atoms with van der Waals surface area (Å²) in [5, 5.41) is 7.10. The maximum atomic E-state index is 13.3. The van der Waals surface area contributed by atoms with E-state index in [0.717, 1.165) is 24.0 Å². The Kier molecular flexibility index (Phi) is 4.46. The van der Waals surface area contributed by atoms with Crippen LogP contribution < -0.4 is 5.32 Å². The lowest BCUT2D eigenvalue weighted by Gasteiger charge is -2.35. The van der Waals surface area contributed by atoms with Crippen molar-refractivity contribution in [2.24, 2.45) is 7.05 Å². The van der Waals surface area contributed by atoms with Gasteiger partial charge in [-0.15, -0.1) is 0 Å². The molecular weight excluding hydrogens is 332 g/mol. The van der Waals surface area contributed by atoms with Crippen LogP contribution in [0.4, 0.5) is 0 Å². The highest BCUT2D eigenvalue weighted by molar-refractivity contribution is 5.86. The first-order chi connectivity index (χ1) is 12.6. The van der Waals surface area contributed by atoms with E-state index in [1.165, 1.54) is 0 Å². The Hall–Kier alpha value is -2.67. The predicted molar refractivity (Wildman–Crippen MR) is 93.8 cm³/mol. The second-order valence-corrected chi connectivity index (χ2v) is 6.91. The SMILES string of the molecule is Cn1cc(CN(C(=O)[C@H]2OCC(=O)N[C@@H]2c2ccccc2)C2CC2)cn1. The summed E-state index contributed by atoms with van der Waals surface area (Å²) in [7, 11) is 1.86. The van der Waals surface area contributed by atoms with E-state index in [1.54, 1.807) is 10.9 Å². The standard InChI is InChI=1S/C19H22N4O3/c1-22-10-13(9-20-22)11-23(15-7-8-15)19(25)18-17(21-16(24)12-26-18)14-5-3-2-4-6-14/h2-6,9-10,15,17-18H,7-8,11-12H2,1H3,(H,21,24)/t17-,18+/m1/s1. The molecule has 7 nitrogen and oxygen atoms in total. The van der Waals surface area contributed by atoms with E-state index in [1.807, 2.05) is 48.5 Å². The molecule has 1 N–H and O–H groups in total. The second-order valence-electron chi connectivity index (χ2n) is 6.91. The van der Waals surface area contributed by atoms with Gasteiger partial charge in [0.2, 0.25) is 5.91 Å². The van der Waals surface area contributed by atoms with Gasteiger partial charge in [0, 0.05) is 31.4 Å². The van der Waals surface area contributed by atoms with E-state index in [0.29, 0.717) is 6.54 Å². The molecular formula is C19H22N4O3. The van der Waals surface area contributed by atoms with Crippen molar-refractivity contribution >= 4 is 11.8 Å². The third-order valence-electron chi connectivity index (χ3n) is 4.80. The zero-order chi connectivity index (χ0) is 18.1. The zero-order valence-electron chi connectivity index (χ0n) is 14.7. The molecule has 0 spiro atoms. The van der Waals surface area contributed by atoms with Gasteiger partial charge in [0.25, 0.3) is 5.91 Å². The first-order valence-electron chi connectivity index (χ1n) is 8.86. The molecule has 2 aliphatic rings. The van der Waals surface area contributed by atoms with Crippen LogP contribution >= 0.6 is 0 Å². The molecule has 2 aromatic rings. The number of morpholine rings is 1. The zero-order valence-corrected chi connectivity index (χ0v) is 14.7. The van der Waals surface area contributed by atoms with Gasteiger partial charge in [-0.05, 0) is 18.4 Å².